The third-order valence-electron chi connectivity index (χ3n) is 3.61. The van der Waals surface area contributed by atoms with Crippen molar-refractivity contribution in [2.75, 3.05) is 19.0 Å². The molecule has 2 rings (SSSR count). The summed E-state index contributed by atoms with van der Waals surface area (Å²) in [7, 11) is 1.53. The molecule has 0 spiro atoms. The predicted molar refractivity (Wildman–Crippen MR) is 108 cm³/mol. The van der Waals surface area contributed by atoms with Gasteiger partial charge in [-0.15, -0.1) is 0 Å². The largest absolute Gasteiger partial charge is 0.497 e. The van der Waals surface area contributed by atoms with Crippen LogP contribution in [0.1, 0.15) is 19.4 Å². The topological polar surface area (TPSA) is 97.6 Å². The molecule has 2 aromatic carbocycles. The van der Waals surface area contributed by atoms with E-state index in [2.05, 4.69) is 5.32 Å². The van der Waals surface area contributed by atoms with Crippen LogP contribution in [0.4, 0.5) is 5.69 Å². The lowest BCUT2D eigenvalue weighted by Crippen LogP contribution is -2.18. The molecule has 0 saturated heterocycles. The lowest BCUT2D eigenvalue weighted by molar-refractivity contribution is -0.149. The summed E-state index contributed by atoms with van der Waals surface area (Å²) in [6, 6.07) is 15.4. The van der Waals surface area contributed by atoms with Gasteiger partial charge in [0.1, 0.15) is 23.1 Å². The Kier molecular flexibility index (Phi) is 7.80. The van der Waals surface area contributed by atoms with Gasteiger partial charge in [-0.05, 0) is 49.8 Å². The fraction of sp³-hybridized carbons (Fsp3) is 0.227. The molecule has 150 valence electrons. The number of nitrogens with zero attached hydrogens (tertiary/aromatic N) is 1. The van der Waals surface area contributed by atoms with E-state index in [9.17, 15) is 14.9 Å². The van der Waals surface area contributed by atoms with Crippen molar-refractivity contribution in [2.24, 2.45) is 0 Å². The van der Waals surface area contributed by atoms with Crippen molar-refractivity contribution in [3.05, 3.63) is 59.7 Å². The highest BCUT2D eigenvalue weighted by molar-refractivity contribution is 6.09. The highest BCUT2D eigenvalue weighted by Gasteiger charge is 2.10. The molecule has 0 aliphatic heterocycles. The molecular weight excluding hydrogens is 372 g/mol. The van der Waals surface area contributed by atoms with E-state index in [0.717, 1.165) is 0 Å². The van der Waals surface area contributed by atoms with Crippen LogP contribution >= 0.6 is 0 Å². The minimum Gasteiger partial charge on any atom is -0.497 e. The van der Waals surface area contributed by atoms with Crippen LogP contribution in [0, 0.1) is 11.3 Å². The third-order valence-corrected chi connectivity index (χ3v) is 3.61. The Morgan fingerprint density at radius 1 is 1.14 bits per heavy atom. The minimum absolute atomic E-state index is 0.0537. The molecule has 0 unspecified atom stereocenters. The molecule has 7 nitrogen and oxygen atoms in total. The van der Waals surface area contributed by atoms with E-state index >= 15 is 0 Å². The molecule has 2 aromatic rings. The van der Waals surface area contributed by atoms with Crippen LogP contribution in [0.25, 0.3) is 6.08 Å². The maximum absolute atomic E-state index is 12.4. The second kappa shape index (κ2) is 10.5. The number of benzene rings is 2. The van der Waals surface area contributed by atoms with Crippen LogP contribution in [0.5, 0.6) is 11.5 Å². The summed E-state index contributed by atoms with van der Waals surface area (Å²) in [5.74, 6) is 0.0859. The number of ether oxygens (including phenoxy) is 3. The number of rotatable bonds is 8. The van der Waals surface area contributed by atoms with Crippen molar-refractivity contribution < 1.29 is 23.8 Å². The maximum atomic E-state index is 12.4. The number of amides is 1. The first-order valence-corrected chi connectivity index (χ1v) is 8.91. The molecule has 1 N–H and O–H groups in total. The molecule has 29 heavy (non-hydrogen) atoms. The summed E-state index contributed by atoms with van der Waals surface area (Å²) in [4.78, 5) is 23.9. The molecule has 0 atom stereocenters. The van der Waals surface area contributed by atoms with Gasteiger partial charge in [-0.2, -0.15) is 5.26 Å². The zero-order valence-corrected chi connectivity index (χ0v) is 16.5. The van der Waals surface area contributed by atoms with Crippen molar-refractivity contribution in [1.29, 1.82) is 5.26 Å². The Hall–Kier alpha value is -3.79. The number of esters is 1. The average Bonchev–Trinajstić information content (AvgIpc) is 2.70. The summed E-state index contributed by atoms with van der Waals surface area (Å²) in [5.41, 5.74) is 1.11. The highest BCUT2D eigenvalue weighted by atomic mass is 16.6. The highest BCUT2D eigenvalue weighted by Crippen LogP contribution is 2.19. The van der Waals surface area contributed by atoms with Gasteiger partial charge in [0.15, 0.2) is 6.61 Å². The van der Waals surface area contributed by atoms with E-state index in [1.165, 1.54) is 13.2 Å². The minimum atomic E-state index is -0.530. The summed E-state index contributed by atoms with van der Waals surface area (Å²) < 4.78 is 15.5. The molecule has 0 fully saturated rings. The molecule has 1 amide bonds. The van der Waals surface area contributed by atoms with Crippen molar-refractivity contribution >= 4 is 23.6 Å². The molecule has 7 heteroatoms. The van der Waals surface area contributed by atoms with E-state index in [-0.39, 0.29) is 18.3 Å². The molecule has 0 aliphatic carbocycles. The number of nitriles is 1. The van der Waals surface area contributed by atoms with Crippen LogP contribution in [0.3, 0.4) is 0 Å². The van der Waals surface area contributed by atoms with Gasteiger partial charge in [-0.1, -0.05) is 18.2 Å². The van der Waals surface area contributed by atoms with Gasteiger partial charge in [0.25, 0.3) is 5.91 Å². The normalized spacial score (nSPS) is 10.8. The first kappa shape index (κ1) is 21.5. The van der Waals surface area contributed by atoms with Crippen molar-refractivity contribution in [1.82, 2.24) is 0 Å². The van der Waals surface area contributed by atoms with Gasteiger partial charge in [-0.3, -0.25) is 4.79 Å². The Bertz CT molecular complexity index is 927. The molecule has 0 saturated carbocycles. The maximum Gasteiger partial charge on any atom is 0.344 e. The van der Waals surface area contributed by atoms with Gasteiger partial charge in [0, 0.05) is 11.8 Å². The van der Waals surface area contributed by atoms with Crippen LogP contribution < -0.4 is 14.8 Å². The fourth-order valence-electron chi connectivity index (χ4n) is 2.31. The van der Waals surface area contributed by atoms with Gasteiger partial charge in [0.2, 0.25) is 0 Å². The first-order chi connectivity index (χ1) is 13.9. The molecular formula is C22H22N2O5. The van der Waals surface area contributed by atoms with Crippen LogP contribution in [0.2, 0.25) is 0 Å². The molecule has 0 radical (unpaired) electrons. The van der Waals surface area contributed by atoms with Gasteiger partial charge in [0.05, 0.1) is 13.2 Å². The molecule has 0 aliphatic rings. The number of carbonyl (C=O) groups is 2. The van der Waals surface area contributed by atoms with Crippen molar-refractivity contribution in [2.45, 2.75) is 20.0 Å². The summed E-state index contributed by atoms with van der Waals surface area (Å²) in [6.07, 6.45) is 1.26. The van der Waals surface area contributed by atoms with E-state index in [0.29, 0.717) is 22.7 Å². The van der Waals surface area contributed by atoms with Gasteiger partial charge in [-0.25, -0.2) is 4.79 Å². The van der Waals surface area contributed by atoms with Crippen LogP contribution in [-0.2, 0) is 14.3 Å². The van der Waals surface area contributed by atoms with E-state index in [4.69, 9.17) is 14.2 Å². The zero-order valence-electron chi connectivity index (χ0n) is 16.5. The summed E-state index contributed by atoms with van der Waals surface area (Å²) in [6.45, 7) is 3.33. The molecule has 0 heterocycles. The van der Waals surface area contributed by atoms with E-state index in [1.54, 1.807) is 62.4 Å². The SMILES string of the molecule is COc1cccc(NC(=O)/C(C#N)=C\c2ccc(OCC(=O)OC(C)C)cc2)c1. The predicted octanol–water partition coefficient (Wildman–Crippen LogP) is 3.57. The zero-order chi connectivity index (χ0) is 21.2. The smallest absolute Gasteiger partial charge is 0.344 e. The lowest BCUT2D eigenvalue weighted by Gasteiger charge is -2.09. The number of methoxy groups -OCH3 is 1. The Morgan fingerprint density at radius 3 is 2.48 bits per heavy atom. The van der Waals surface area contributed by atoms with Gasteiger partial charge < -0.3 is 19.5 Å². The standard InChI is InChI=1S/C22H22N2O5/c1-15(2)29-21(25)14-28-19-9-7-16(8-10-19)11-17(13-23)22(26)24-18-5-4-6-20(12-18)27-3/h4-12,15H,14H2,1-3H3,(H,24,26)/b17-11-. The number of nitrogens with one attached hydrogen (secondary N) is 1. The Balaban J connectivity index is 2.01. The summed E-state index contributed by atoms with van der Waals surface area (Å²) >= 11 is 0. The monoisotopic (exact) mass is 394 g/mol. The van der Waals surface area contributed by atoms with E-state index < -0.39 is 11.9 Å². The second-order valence-electron chi connectivity index (χ2n) is 6.25. The van der Waals surface area contributed by atoms with Crippen LogP contribution in [-0.4, -0.2) is 31.7 Å². The number of hydrogen-bond acceptors (Lipinski definition) is 6. The number of hydrogen-bond donors (Lipinski definition) is 1. The first-order valence-electron chi connectivity index (χ1n) is 8.91. The fourth-order valence-corrected chi connectivity index (χ4v) is 2.31. The number of carbonyl (C=O) groups excluding carboxylic acids is 2. The van der Waals surface area contributed by atoms with Crippen molar-refractivity contribution in [3.63, 3.8) is 0 Å². The van der Waals surface area contributed by atoms with E-state index in [1.807, 2.05) is 6.07 Å². The van der Waals surface area contributed by atoms with Crippen molar-refractivity contribution in [3.8, 4) is 17.6 Å². The van der Waals surface area contributed by atoms with Crippen LogP contribution in [0.15, 0.2) is 54.1 Å². The average molecular weight is 394 g/mol. The molecule has 0 aromatic heterocycles. The lowest BCUT2D eigenvalue weighted by atomic mass is 10.1. The molecule has 0 bridgehead atoms. The number of anilines is 1. The Labute approximate surface area is 169 Å². The summed E-state index contributed by atoms with van der Waals surface area (Å²) in [5, 5.41) is 12.0. The Morgan fingerprint density at radius 2 is 1.86 bits per heavy atom. The second-order valence-corrected chi connectivity index (χ2v) is 6.25. The quantitative estimate of drug-likeness (QED) is 0.418. The van der Waals surface area contributed by atoms with Gasteiger partial charge >= 0.3 is 5.97 Å². The third kappa shape index (κ3) is 7.03.